The van der Waals surface area contributed by atoms with Crippen molar-refractivity contribution in [3.63, 3.8) is 0 Å². The summed E-state index contributed by atoms with van der Waals surface area (Å²) in [5, 5.41) is 0. The number of carbonyl (C=O) groups excluding carboxylic acids is 8. The molecule has 0 radical (unpaired) electrons. The van der Waals surface area contributed by atoms with Crippen molar-refractivity contribution in [1.82, 2.24) is 0 Å². The lowest BCUT2D eigenvalue weighted by molar-refractivity contribution is -0.152. The first-order chi connectivity index (χ1) is 21.6. The number of esters is 8. The fraction of sp³-hybridized carbons (Fsp3) is 0.0667. The van der Waals surface area contributed by atoms with Gasteiger partial charge in [-0.2, -0.15) is 8.42 Å². The molecule has 16 heteroatoms. The Hall–Kier alpha value is -6.13. The third kappa shape index (κ3) is 9.97. The zero-order valence-electron chi connectivity index (χ0n) is 23.4. The highest BCUT2D eigenvalue weighted by Crippen LogP contribution is 2.20. The van der Waals surface area contributed by atoms with Crippen molar-refractivity contribution in [3.8, 4) is 0 Å². The Morgan fingerprint density at radius 2 is 1.04 bits per heavy atom. The van der Waals surface area contributed by atoms with Crippen LogP contribution in [0.15, 0.2) is 101 Å². The van der Waals surface area contributed by atoms with E-state index in [-0.39, 0.29) is 0 Å². The molecule has 46 heavy (non-hydrogen) atoms. The monoisotopic (exact) mass is 652 g/mol. The molecule has 0 bridgehead atoms. The van der Waals surface area contributed by atoms with E-state index in [0.29, 0.717) is 34.8 Å². The summed E-state index contributed by atoms with van der Waals surface area (Å²) in [7, 11) is -4.62. The predicted octanol–water partition coefficient (Wildman–Crippen LogP) is 1.25. The lowest BCUT2D eigenvalue weighted by Gasteiger charge is -1.98. The van der Waals surface area contributed by atoms with E-state index >= 15 is 0 Å². The molecule has 0 unspecified atom stereocenters. The Morgan fingerprint density at radius 1 is 0.565 bits per heavy atom. The fourth-order valence-electron chi connectivity index (χ4n) is 3.45. The summed E-state index contributed by atoms with van der Waals surface area (Å²) >= 11 is 0. The van der Waals surface area contributed by atoms with Crippen molar-refractivity contribution in [1.29, 1.82) is 0 Å². The van der Waals surface area contributed by atoms with Gasteiger partial charge in [-0.1, -0.05) is 60.7 Å². The van der Waals surface area contributed by atoms with Crippen LogP contribution < -0.4 is 0 Å². The van der Waals surface area contributed by atoms with Gasteiger partial charge in [0.05, 0.1) is 11.6 Å². The van der Waals surface area contributed by atoms with Crippen LogP contribution in [0.1, 0.15) is 18.1 Å². The quantitative estimate of drug-likeness (QED) is 0.212. The molecule has 236 valence electrons. The van der Waals surface area contributed by atoms with Gasteiger partial charge in [0.1, 0.15) is 0 Å². The van der Waals surface area contributed by atoms with Crippen molar-refractivity contribution < 1.29 is 70.3 Å². The topological polar surface area (TPSA) is 228 Å². The molecule has 0 saturated heterocycles. The van der Waals surface area contributed by atoms with E-state index in [1.807, 2.05) is 36.4 Å². The summed E-state index contributed by atoms with van der Waals surface area (Å²) in [5.74, 6) is -5.80. The Labute approximate surface area is 259 Å². The summed E-state index contributed by atoms with van der Waals surface area (Å²) in [6.45, 7) is 1.53. The van der Waals surface area contributed by atoms with E-state index in [1.54, 1.807) is 24.3 Å². The lowest BCUT2D eigenvalue weighted by Crippen LogP contribution is -2.09. The van der Waals surface area contributed by atoms with Gasteiger partial charge >= 0.3 is 57.9 Å². The Balaban J connectivity index is 0.000000170. The number of rotatable bonds is 4. The van der Waals surface area contributed by atoms with Crippen LogP contribution in [0.25, 0.3) is 5.57 Å². The van der Waals surface area contributed by atoms with Crippen molar-refractivity contribution in [2.75, 3.05) is 0 Å². The molecule has 4 heterocycles. The maximum absolute atomic E-state index is 11.1. The molecular weight excluding hydrogens is 632 g/mol. The van der Waals surface area contributed by atoms with E-state index in [1.165, 1.54) is 25.2 Å². The Bertz CT molecular complexity index is 1860. The van der Waals surface area contributed by atoms with Gasteiger partial charge in [-0.25, -0.2) is 38.4 Å². The van der Waals surface area contributed by atoms with Crippen LogP contribution >= 0.6 is 0 Å². The van der Waals surface area contributed by atoms with E-state index in [0.717, 1.165) is 5.56 Å². The van der Waals surface area contributed by atoms with Gasteiger partial charge in [0.2, 0.25) is 0 Å². The second-order valence-corrected chi connectivity index (χ2v) is 10.3. The van der Waals surface area contributed by atoms with E-state index in [2.05, 4.69) is 18.9 Å². The molecule has 6 rings (SSSR count). The zero-order chi connectivity index (χ0) is 34.0. The third-order valence-electron chi connectivity index (χ3n) is 5.52. The number of cyclic esters (lactones) is 8. The fourth-order valence-corrected chi connectivity index (χ4v) is 3.95. The summed E-state index contributed by atoms with van der Waals surface area (Å²) in [4.78, 5) is 83.6. The molecule has 4 aliphatic heterocycles. The summed E-state index contributed by atoms with van der Waals surface area (Å²) in [6, 6.07) is 18.4. The van der Waals surface area contributed by atoms with E-state index in [4.69, 9.17) is 4.55 Å². The first-order valence-corrected chi connectivity index (χ1v) is 14.0. The average Bonchev–Trinajstić information content (AvgIpc) is 3.70. The molecule has 0 aliphatic carbocycles. The van der Waals surface area contributed by atoms with Gasteiger partial charge < -0.3 is 18.9 Å². The van der Waals surface area contributed by atoms with Crippen LogP contribution in [-0.4, -0.2) is 60.7 Å². The van der Waals surface area contributed by atoms with Crippen molar-refractivity contribution >= 4 is 63.4 Å². The first-order valence-electron chi connectivity index (χ1n) is 12.6. The molecule has 0 fully saturated rings. The molecule has 0 aromatic heterocycles. The van der Waals surface area contributed by atoms with Crippen molar-refractivity contribution in [2.45, 2.75) is 13.3 Å². The van der Waals surface area contributed by atoms with Crippen LogP contribution in [0.2, 0.25) is 0 Å². The van der Waals surface area contributed by atoms with Gasteiger partial charge in [0.25, 0.3) is 0 Å². The van der Waals surface area contributed by atoms with E-state index in [9.17, 15) is 46.8 Å². The minimum absolute atomic E-state index is 0.325. The molecule has 4 aliphatic rings. The molecule has 2 aromatic rings. The van der Waals surface area contributed by atoms with E-state index < -0.39 is 62.8 Å². The highest BCUT2D eigenvalue weighted by Gasteiger charge is 2.33. The molecular formula is C30H20O15S. The maximum atomic E-state index is 11.1. The van der Waals surface area contributed by atoms with Crippen molar-refractivity contribution in [3.05, 3.63) is 112 Å². The molecule has 0 spiro atoms. The molecule has 0 amide bonds. The van der Waals surface area contributed by atoms with Crippen LogP contribution in [0.5, 0.6) is 0 Å². The zero-order valence-corrected chi connectivity index (χ0v) is 24.2. The Kier molecular flexibility index (Phi) is 11.2. The minimum Gasteiger partial charge on any atom is -0.386 e. The van der Waals surface area contributed by atoms with Crippen LogP contribution in [0, 0.1) is 0 Å². The largest absolute Gasteiger partial charge is 0.386 e. The minimum atomic E-state index is -4.62. The Morgan fingerprint density at radius 3 is 1.41 bits per heavy atom. The smallest absolute Gasteiger partial charge is 0.360 e. The molecule has 0 atom stereocenters. The standard InChI is InChI=1S/C11H8O3.C10H6O3.C5H4O3.C4H2O6S/c12-10-7-9(11(13)14-10)6-8-4-2-1-3-5-8;11-9-6-8(10(12)13-9)7-4-2-1-3-5-7;1-3-2-4(6)8-5(3)7;5-3-1-2(4(6)10-3)11(7,8)9/h1-5,7H,6H2;1-6H;2H,1H3;1H,(H,7,8,9). The van der Waals surface area contributed by atoms with Gasteiger partial charge in [0.15, 0.2) is 4.91 Å². The SMILES string of the molecule is CC1=CC(=O)OC1=O.O=C1C=C(Cc2ccccc2)C(=O)O1.O=C1C=C(S(=O)(=O)O)C(=O)O1.O=C1C=C(c2ccccc2)C(=O)O1. The first kappa shape index (κ1) is 34.4. The van der Waals surface area contributed by atoms with Crippen LogP contribution in [0.3, 0.4) is 0 Å². The lowest BCUT2D eigenvalue weighted by atomic mass is 10.1. The molecule has 0 saturated carbocycles. The molecule has 2 aromatic carbocycles. The number of hydrogen-bond donors (Lipinski definition) is 1. The van der Waals surface area contributed by atoms with Crippen LogP contribution in [-0.2, 0) is 73.8 Å². The molecule has 15 nitrogen and oxygen atoms in total. The maximum Gasteiger partial charge on any atom is 0.360 e. The highest BCUT2D eigenvalue weighted by atomic mass is 32.2. The van der Waals surface area contributed by atoms with Gasteiger partial charge in [-0.15, -0.1) is 0 Å². The summed E-state index contributed by atoms with van der Waals surface area (Å²) < 4.78 is 45.3. The second-order valence-electron chi connectivity index (χ2n) is 8.90. The number of hydrogen-bond acceptors (Lipinski definition) is 14. The molecule has 1 N–H and O–H groups in total. The summed E-state index contributed by atoms with van der Waals surface area (Å²) in [5.41, 5.74) is 2.81. The van der Waals surface area contributed by atoms with Gasteiger partial charge in [0, 0.05) is 35.8 Å². The van der Waals surface area contributed by atoms with Crippen molar-refractivity contribution in [2.24, 2.45) is 0 Å². The average molecular weight is 653 g/mol. The number of ether oxygens (including phenoxy) is 4. The normalized spacial score (nSPS) is 16.6. The second kappa shape index (κ2) is 15.0. The predicted molar refractivity (Wildman–Crippen MR) is 150 cm³/mol. The summed E-state index contributed by atoms with van der Waals surface area (Å²) in [6.07, 6.45) is 4.48. The van der Waals surface area contributed by atoms with Crippen LogP contribution in [0.4, 0.5) is 0 Å². The third-order valence-corrected chi connectivity index (χ3v) is 6.36. The number of benzene rings is 2. The highest BCUT2D eigenvalue weighted by molar-refractivity contribution is 7.90. The van der Waals surface area contributed by atoms with Gasteiger partial charge in [-0.3, -0.25) is 4.55 Å². The van der Waals surface area contributed by atoms with Gasteiger partial charge in [-0.05, 0) is 18.1 Å². The number of carbonyl (C=O) groups is 8.